The summed E-state index contributed by atoms with van der Waals surface area (Å²) < 4.78 is 0. The lowest BCUT2D eigenvalue weighted by atomic mass is 10.1. The van der Waals surface area contributed by atoms with E-state index < -0.39 is 0 Å². The van der Waals surface area contributed by atoms with Crippen molar-refractivity contribution in [3.05, 3.63) is 55.2 Å². The number of hydrogen-bond acceptors (Lipinski definition) is 0. The van der Waals surface area contributed by atoms with Gasteiger partial charge in [-0.3, -0.25) is 5.32 Å². The van der Waals surface area contributed by atoms with Gasteiger partial charge in [0, 0.05) is 6.20 Å². The predicted octanol–water partition coefficient (Wildman–Crippen LogP) is 3.22. The van der Waals surface area contributed by atoms with E-state index in [-0.39, 0.29) is 0 Å². The summed E-state index contributed by atoms with van der Waals surface area (Å²) in [6.45, 7) is 3.57. The summed E-state index contributed by atoms with van der Waals surface area (Å²) in [4.78, 5) is 0. The van der Waals surface area contributed by atoms with Crippen LogP contribution < -0.4 is 5.32 Å². The van der Waals surface area contributed by atoms with Crippen LogP contribution in [0.3, 0.4) is 0 Å². The van der Waals surface area contributed by atoms with Crippen molar-refractivity contribution in [3.63, 3.8) is 0 Å². The van der Waals surface area contributed by atoms with E-state index in [2.05, 4.69) is 36.2 Å². The van der Waals surface area contributed by atoms with Gasteiger partial charge in [-0.15, -0.1) is 0 Å². The highest BCUT2D eigenvalue weighted by Crippen LogP contribution is 2.18. The fourth-order valence-electron chi connectivity index (χ4n) is 1.36. The maximum Gasteiger partial charge on any atom is 0.0635 e. The molecule has 1 nitrogen and oxygen atoms in total. The molecule has 0 fully saturated rings. The van der Waals surface area contributed by atoms with E-state index in [9.17, 15) is 0 Å². The zero-order chi connectivity index (χ0) is 9.10. The predicted molar refractivity (Wildman–Crippen MR) is 55.9 cm³/mol. The normalized spacial score (nSPS) is 9.85. The van der Waals surface area contributed by atoms with Crippen molar-refractivity contribution in [1.29, 1.82) is 0 Å². The Bertz CT molecular complexity index is 432. The van der Waals surface area contributed by atoms with Crippen LogP contribution in [0.1, 0.15) is 0 Å². The average Bonchev–Trinajstić information content (AvgIpc) is 2.18. The molecule has 0 aliphatic heterocycles. The van der Waals surface area contributed by atoms with Crippen molar-refractivity contribution in [2.24, 2.45) is 0 Å². The third kappa shape index (κ3) is 1.54. The molecule has 0 aliphatic carbocycles. The SMILES string of the molecule is C=C[N]c1ccc2ccccc2c1. The Morgan fingerprint density at radius 1 is 1.00 bits per heavy atom. The first-order chi connectivity index (χ1) is 6.40. The second-order valence-electron chi connectivity index (χ2n) is 2.84. The molecule has 1 heteroatoms. The van der Waals surface area contributed by atoms with Gasteiger partial charge in [0.15, 0.2) is 0 Å². The van der Waals surface area contributed by atoms with Crippen molar-refractivity contribution in [2.75, 3.05) is 0 Å². The summed E-state index contributed by atoms with van der Waals surface area (Å²) in [6, 6.07) is 14.3. The lowest BCUT2D eigenvalue weighted by molar-refractivity contribution is 1.19. The Labute approximate surface area is 77.7 Å². The van der Waals surface area contributed by atoms with E-state index in [4.69, 9.17) is 0 Å². The molecule has 0 saturated carbocycles. The quantitative estimate of drug-likeness (QED) is 0.653. The zero-order valence-corrected chi connectivity index (χ0v) is 7.27. The van der Waals surface area contributed by atoms with Crippen LogP contribution in [0.5, 0.6) is 0 Å². The number of rotatable bonds is 2. The van der Waals surface area contributed by atoms with E-state index in [0.717, 1.165) is 5.69 Å². The lowest BCUT2D eigenvalue weighted by Crippen LogP contribution is -1.83. The van der Waals surface area contributed by atoms with E-state index in [1.165, 1.54) is 10.8 Å². The molecular weight excluding hydrogens is 158 g/mol. The Kier molecular flexibility index (Phi) is 2.01. The molecule has 0 aromatic heterocycles. The third-order valence-corrected chi connectivity index (χ3v) is 1.97. The number of nitrogens with zero attached hydrogens (tertiary/aromatic N) is 1. The Morgan fingerprint density at radius 2 is 1.77 bits per heavy atom. The van der Waals surface area contributed by atoms with Crippen LogP contribution in [0, 0.1) is 0 Å². The first-order valence-corrected chi connectivity index (χ1v) is 4.21. The van der Waals surface area contributed by atoms with E-state index in [1.807, 2.05) is 18.2 Å². The fourth-order valence-corrected chi connectivity index (χ4v) is 1.36. The zero-order valence-electron chi connectivity index (χ0n) is 7.27. The highest BCUT2D eigenvalue weighted by atomic mass is 14.8. The highest BCUT2D eigenvalue weighted by Gasteiger charge is 1.93. The monoisotopic (exact) mass is 168 g/mol. The van der Waals surface area contributed by atoms with Gasteiger partial charge < -0.3 is 0 Å². The first kappa shape index (κ1) is 7.87. The molecule has 0 aliphatic rings. The number of benzene rings is 2. The van der Waals surface area contributed by atoms with Gasteiger partial charge in [-0.2, -0.15) is 0 Å². The minimum atomic E-state index is 0.953. The van der Waals surface area contributed by atoms with Crippen molar-refractivity contribution in [3.8, 4) is 0 Å². The van der Waals surface area contributed by atoms with Crippen LogP contribution >= 0.6 is 0 Å². The van der Waals surface area contributed by atoms with Crippen LogP contribution in [0.15, 0.2) is 55.2 Å². The van der Waals surface area contributed by atoms with E-state index >= 15 is 0 Å². The van der Waals surface area contributed by atoms with Gasteiger partial charge in [-0.05, 0) is 22.9 Å². The summed E-state index contributed by atoms with van der Waals surface area (Å²) in [5.74, 6) is 0. The number of fused-ring (bicyclic) bond motifs is 1. The van der Waals surface area contributed by atoms with Crippen LogP contribution in [-0.2, 0) is 0 Å². The molecule has 63 valence electrons. The molecule has 13 heavy (non-hydrogen) atoms. The second-order valence-corrected chi connectivity index (χ2v) is 2.84. The molecule has 0 atom stereocenters. The minimum absolute atomic E-state index is 0.953. The van der Waals surface area contributed by atoms with Crippen LogP contribution in [0.25, 0.3) is 10.8 Å². The molecule has 0 heterocycles. The van der Waals surface area contributed by atoms with Gasteiger partial charge in [0.05, 0.1) is 5.69 Å². The second kappa shape index (κ2) is 3.31. The molecular formula is C12H10N. The van der Waals surface area contributed by atoms with Crippen molar-refractivity contribution in [1.82, 2.24) is 5.32 Å². The van der Waals surface area contributed by atoms with Crippen LogP contribution in [0.4, 0.5) is 5.69 Å². The maximum absolute atomic E-state index is 4.12. The van der Waals surface area contributed by atoms with Gasteiger partial charge in [-0.25, -0.2) is 0 Å². The lowest BCUT2D eigenvalue weighted by Gasteiger charge is -2.00. The van der Waals surface area contributed by atoms with E-state index in [0.29, 0.717) is 0 Å². The van der Waals surface area contributed by atoms with Crippen molar-refractivity contribution >= 4 is 16.5 Å². The summed E-state index contributed by atoms with van der Waals surface area (Å²) >= 11 is 0. The summed E-state index contributed by atoms with van der Waals surface area (Å²) in [5, 5.41) is 6.58. The first-order valence-electron chi connectivity index (χ1n) is 4.21. The Balaban J connectivity index is 2.55. The number of hydrogen-bond donors (Lipinski definition) is 0. The standard InChI is InChI=1S/C12H10N/c1-2-13-12-8-7-10-5-3-4-6-11(10)9-12/h2-9H,1H2. The molecule has 0 N–H and O–H groups in total. The Hall–Kier alpha value is -1.76. The molecule has 0 unspecified atom stereocenters. The van der Waals surface area contributed by atoms with Gasteiger partial charge in [0.25, 0.3) is 0 Å². The summed E-state index contributed by atoms with van der Waals surface area (Å²) in [6.07, 6.45) is 1.56. The minimum Gasteiger partial charge on any atom is -0.257 e. The third-order valence-electron chi connectivity index (χ3n) is 1.97. The molecule has 2 rings (SSSR count). The fraction of sp³-hybridized carbons (Fsp3) is 0. The van der Waals surface area contributed by atoms with Crippen molar-refractivity contribution in [2.45, 2.75) is 0 Å². The Morgan fingerprint density at radius 3 is 2.54 bits per heavy atom. The highest BCUT2D eigenvalue weighted by molar-refractivity contribution is 5.84. The van der Waals surface area contributed by atoms with Gasteiger partial charge in [0.1, 0.15) is 0 Å². The maximum atomic E-state index is 4.12. The van der Waals surface area contributed by atoms with Crippen LogP contribution in [-0.4, -0.2) is 0 Å². The van der Waals surface area contributed by atoms with Crippen LogP contribution in [0.2, 0.25) is 0 Å². The topological polar surface area (TPSA) is 14.1 Å². The van der Waals surface area contributed by atoms with Gasteiger partial charge in [-0.1, -0.05) is 36.9 Å². The molecule has 0 saturated heterocycles. The molecule has 2 aromatic rings. The summed E-state index contributed by atoms with van der Waals surface area (Å²) in [7, 11) is 0. The summed E-state index contributed by atoms with van der Waals surface area (Å²) in [5.41, 5.74) is 0.953. The van der Waals surface area contributed by atoms with Gasteiger partial charge >= 0.3 is 0 Å². The van der Waals surface area contributed by atoms with Crippen molar-refractivity contribution < 1.29 is 0 Å². The van der Waals surface area contributed by atoms with Gasteiger partial charge in [0.2, 0.25) is 0 Å². The smallest absolute Gasteiger partial charge is 0.0635 e. The molecule has 0 spiro atoms. The molecule has 0 amide bonds. The largest absolute Gasteiger partial charge is 0.257 e. The van der Waals surface area contributed by atoms with E-state index in [1.54, 1.807) is 6.20 Å². The molecule has 2 aromatic carbocycles. The molecule has 1 radical (unpaired) electrons. The average molecular weight is 168 g/mol. The molecule has 0 bridgehead atoms.